The topological polar surface area (TPSA) is 56.0 Å². The molecule has 28 heavy (non-hydrogen) atoms. The van der Waals surface area contributed by atoms with Crippen LogP contribution in [0.4, 0.5) is 14.5 Å². The molecule has 0 aliphatic carbocycles. The molecule has 146 valence electrons. The second kappa shape index (κ2) is 8.02. The van der Waals surface area contributed by atoms with Crippen LogP contribution in [0.5, 0.6) is 0 Å². The smallest absolute Gasteiger partial charge is 0.295 e. The van der Waals surface area contributed by atoms with Crippen LogP contribution in [0.1, 0.15) is 12.6 Å². The van der Waals surface area contributed by atoms with Gasteiger partial charge >= 0.3 is 0 Å². The SMILES string of the molecule is Cc1c(NC(=O)C(C)Sc2cc(F)ccc2F)c(=O)n(-c2ccccc2)n1C. The molecule has 3 rings (SSSR count). The van der Waals surface area contributed by atoms with Crippen molar-refractivity contribution in [1.82, 2.24) is 9.36 Å². The number of thioether (sulfide) groups is 1. The molecule has 8 heteroatoms. The number of hydrogen-bond acceptors (Lipinski definition) is 3. The first-order chi connectivity index (χ1) is 13.3. The summed E-state index contributed by atoms with van der Waals surface area (Å²) in [6.07, 6.45) is 0. The molecule has 0 aliphatic heterocycles. The minimum absolute atomic E-state index is 0.0362. The van der Waals surface area contributed by atoms with Crippen LogP contribution >= 0.6 is 11.8 Å². The van der Waals surface area contributed by atoms with E-state index in [1.165, 1.54) is 4.68 Å². The van der Waals surface area contributed by atoms with E-state index >= 15 is 0 Å². The van der Waals surface area contributed by atoms with Gasteiger partial charge in [0.25, 0.3) is 5.56 Å². The van der Waals surface area contributed by atoms with E-state index in [9.17, 15) is 18.4 Å². The summed E-state index contributed by atoms with van der Waals surface area (Å²) in [7, 11) is 1.72. The molecule has 1 amide bonds. The number of carbonyl (C=O) groups excluding carboxylic acids is 1. The van der Waals surface area contributed by atoms with E-state index in [0.717, 1.165) is 30.0 Å². The molecule has 1 unspecified atom stereocenters. The third kappa shape index (κ3) is 3.87. The van der Waals surface area contributed by atoms with Gasteiger partial charge < -0.3 is 5.32 Å². The highest BCUT2D eigenvalue weighted by atomic mass is 32.2. The number of halogens is 2. The van der Waals surface area contributed by atoms with Gasteiger partial charge in [0, 0.05) is 11.9 Å². The number of rotatable bonds is 5. The standard InChI is InChI=1S/C20H19F2N3O2S/c1-12-18(20(27)25(24(12)3)15-7-5-4-6-8-15)23-19(26)13(2)28-17-11-14(21)9-10-16(17)22/h4-11,13H,1-3H3,(H,23,26). The van der Waals surface area contributed by atoms with Crippen molar-refractivity contribution in [1.29, 1.82) is 0 Å². The Bertz CT molecular complexity index is 1080. The van der Waals surface area contributed by atoms with Crippen LogP contribution in [-0.2, 0) is 11.8 Å². The fourth-order valence-corrected chi connectivity index (χ4v) is 3.66. The molecule has 0 aliphatic rings. The highest BCUT2D eigenvalue weighted by Gasteiger charge is 2.22. The van der Waals surface area contributed by atoms with Gasteiger partial charge in [0.15, 0.2) is 0 Å². The molecule has 0 fully saturated rings. The molecule has 1 atom stereocenters. The van der Waals surface area contributed by atoms with Crippen molar-refractivity contribution in [3.05, 3.63) is 76.2 Å². The normalized spacial score (nSPS) is 12.0. The van der Waals surface area contributed by atoms with Crippen molar-refractivity contribution < 1.29 is 13.6 Å². The van der Waals surface area contributed by atoms with E-state index in [1.807, 2.05) is 18.2 Å². The number of benzene rings is 2. The summed E-state index contributed by atoms with van der Waals surface area (Å²) >= 11 is 0.888. The number of para-hydroxylation sites is 1. The van der Waals surface area contributed by atoms with E-state index in [-0.39, 0.29) is 16.1 Å². The summed E-state index contributed by atoms with van der Waals surface area (Å²) in [6.45, 7) is 3.29. The van der Waals surface area contributed by atoms with Crippen LogP contribution in [-0.4, -0.2) is 20.5 Å². The summed E-state index contributed by atoms with van der Waals surface area (Å²) in [5.41, 5.74) is 1.04. The molecule has 5 nitrogen and oxygen atoms in total. The van der Waals surface area contributed by atoms with Crippen LogP contribution in [0.3, 0.4) is 0 Å². The Hall–Kier alpha value is -2.87. The summed E-state index contributed by atoms with van der Waals surface area (Å²) in [6, 6.07) is 12.1. The fraction of sp³-hybridized carbons (Fsp3) is 0.200. The molecule has 0 saturated carbocycles. The Kier molecular flexibility index (Phi) is 5.69. The van der Waals surface area contributed by atoms with E-state index in [2.05, 4.69) is 5.32 Å². The minimum Gasteiger partial charge on any atom is -0.319 e. The Morgan fingerprint density at radius 3 is 2.50 bits per heavy atom. The van der Waals surface area contributed by atoms with Crippen molar-refractivity contribution in [3.63, 3.8) is 0 Å². The Morgan fingerprint density at radius 2 is 1.82 bits per heavy atom. The van der Waals surface area contributed by atoms with Gasteiger partial charge in [0.2, 0.25) is 5.91 Å². The molecule has 3 aromatic rings. The second-order valence-corrected chi connectivity index (χ2v) is 7.64. The molecular formula is C20H19F2N3O2S. The number of amides is 1. The molecule has 1 heterocycles. The summed E-state index contributed by atoms with van der Waals surface area (Å²) in [4.78, 5) is 25.4. The van der Waals surface area contributed by atoms with E-state index in [1.54, 1.807) is 37.7 Å². The first-order valence-electron chi connectivity index (χ1n) is 8.56. The van der Waals surface area contributed by atoms with Crippen LogP contribution in [0.15, 0.2) is 58.2 Å². The highest BCUT2D eigenvalue weighted by Crippen LogP contribution is 2.27. The zero-order valence-corrected chi connectivity index (χ0v) is 16.4. The molecule has 1 N–H and O–H groups in total. The van der Waals surface area contributed by atoms with Gasteiger partial charge in [-0.15, -0.1) is 11.8 Å². The third-order valence-electron chi connectivity index (χ3n) is 4.37. The maximum atomic E-state index is 13.8. The van der Waals surface area contributed by atoms with Crippen LogP contribution in [0.2, 0.25) is 0 Å². The van der Waals surface area contributed by atoms with E-state index < -0.39 is 22.8 Å². The summed E-state index contributed by atoms with van der Waals surface area (Å²) in [5, 5.41) is 1.90. The maximum absolute atomic E-state index is 13.8. The highest BCUT2D eigenvalue weighted by molar-refractivity contribution is 8.00. The fourth-order valence-electron chi connectivity index (χ4n) is 2.75. The molecule has 0 radical (unpaired) electrons. The number of nitrogens with one attached hydrogen (secondary N) is 1. The number of aromatic nitrogens is 2. The van der Waals surface area contributed by atoms with Crippen molar-refractivity contribution >= 4 is 23.4 Å². The van der Waals surface area contributed by atoms with E-state index in [0.29, 0.717) is 11.4 Å². The van der Waals surface area contributed by atoms with Crippen molar-refractivity contribution in [2.75, 3.05) is 5.32 Å². The van der Waals surface area contributed by atoms with Gasteiger partial charge in [0.1, 0.15) is 17.3 Å². The lowest BCUT2D eigenvalue weighted by Gasteiger charge is -2.12. The molecule has 0 bridgehead atoms. The van der Waals surface area contributed by atoms with Crippen LogP contribution in [0.25, 0.3) is 5.69 Å². The lowest BCUT2D eigenvalue weighted by Crippen LogP contribution is -2.27. The number of hydrogen-bond donors (Lipinski definition) is 1. The van der Waals surface area contributed by atoms with Gasteiger partial charge in [-0.05, 0) is 44.2 Å². The quantitative estimate of drug-likeness (QED) is 0.658. The van der Waals surface area contributed by atoms with Gasteiger partial charge in [-0.1, -0.05) is 18.2 Å². The number of anilines is 1. The Balaban J connectivity index is 1.84. The number of carbonyl (C=O) groups is 1. The minimum atomic E-state index is -0.736. The van der Waals surface area contributed by atoms with Gasteiger partial charge in [-0.3, -0.25) is 14.3 Å². The van der Waals surface area contributed by atoms with Crippen LogP contribution < -0.4 is 10.9 Å². The molecule has 1 aromatic heterocycles. The maximum Gasteiger partial charge on any atom is 0.295 e. The average Bonchev–Trinajstić information content (AvgIpc) is 2.88. The van der Waals surface area contributed by atoms with Gasteiger partial charge in [-0.2, -0.15) is 0 Å². The zero-order chi connectivity index (χ0) is 20.4. The first kappa shape index (κ1) is 19.9. The summed E-state index contributed by atoms with van der Waals surface area (Å²) < 4.78 is 30.3. The molecule has 0 saturated heterocycles. The Morgan fingerprint density at radius 1 is 1.14 bits per heavy atom. The molecule has 2 aromatic carbocycles. The largest absolute Gasteiger partial charge is 0.319 e. The monoisotopic (exact) mass is 403 g/mol. The van der Waals surface area contributed by atoms with Crippen molar-refractivity contribution in [2.45, 2.75) is 24.0 Å². The lowest BCUT2D eigenvalue weighted by molar-refractivity contribution is -0.115. The molecule has 0 spiro atoms. The van der Waals surface area contributed by atoms with Crippen molar-refractivity contribution in [3.8, 4) is 5.69 Å². The predicted octanol–water partition coefficient (Wildman–Crippen LogP) is 3.88. The van der Waals surface area contributed by atoms with Gasteiger partial charge in [-0.25, -0.2) is 13.5 Å². The first-order valence-corrected chi connectivity index (χ1v) is 9.44. The van der Waals surface area contributed by atoms with E-state index in [4.69, 9.17) is 0 Å². The second-order valence-electron chi connectivity index (χ2n) is 6.26. The Labute approximate surface area is 165 Å². The van der Waals surface area contributed by atoms with Gasteiger partial charge in [0.05, 0.1) is 16.6 Å². The average molecular weight is 403 g/mol. The van der Waals surface area contributed by atoms with Crippen LogP contribution in [0, 0.1) is 18.6 Å². The molecular weight excluding hydrogens is 384 g/mol. The van der Waals surface area contributed by atoms with Crippen molar-refractivity contribution in [2.24, 2.45) is 7.05 Å². The lowest BCUT2D eigenvalue weighted by atomic mass is 10.3. The zero-order valence-electron chi connectivity index (χ0n) is 15.6. The summed E-state index contributed by atoms with van der Waals surface area (Å²) in [5.74, 6) is -1.66. The third-order valence-corrected chi connectivity index (χ3v) is 5.50. The predicted molar refractivity (Wildman–Crippen MR) is 106 cm³/mol. The number of nitrogens with zero attached hydrogens (tertiary/aromatic N) is 2.